The Labute approximate surface area is 155 Å². The molecule has 0 aliphatic carbocycles. The van der Waals surface area contributed by atoms with Gasteiger partial charge < -0.3 is 10.1 Å². The molecule has 1 heterocycles. The maximum Gasteiger partial charge on any atom is 0.265 e. The lowest BCUT2D eigenvalue weighted by atomic mass is 10.3. The van der Waals surface area contributed by atoms with Crippen LogP contribution in [-0.4, -0.2) is 21.4 Å². The molecule has 2 N–H and O–H groups in total. The fourth-order valence-corrected chi connectivity index (χ4v) is 3.89. The molecule has 6 nitrogen and oxygen atoms in total. The Hall–Kier alpha value is -2.84. The second-order valence-electron chi connectivity index (χ2n) is 5.29. The average molecular weight is 388 g/mol. The van der Waals surface area contributed by atoms with E-state index in [1.807, 2.05) is 5.38 Å². The third kappa shape index (κ3) is 4.22. The van der Waals surface area contributed by atoms with Crippen molar-refractivity contribution in [2.45, 2.75) is 4.90 Å². The van der Waals surface area contributed by atoms with E-state index in [-0.39, 0.29) is 10.8 Å². The molecule has 0 fully saturated rings. The molecule has 26 heavy (non-hydrogen) atoms. The number of benzene rings is 2. The van der Waals surface area contributed by atoms with Crippen LogP contribution in [0, 0.1) is 0 Å². The van der Waals surface area contributed by atoms with Crippen LogP contribution in [0.4, 0.5) is 11.4 Å². The van der Waals surface area contributed by atoms with E-state index in [1.165, 1.54) is 30.6 Å². The molecular formula is C18H16N2O4S2. The Balaban J connectivity index is 1.73. The van der Waals surface area contributed by atoms with Gasteiger partial charge in [0.05, 0.1) is 22.6 Å². The molecular weight excluding hydrogens is 372 g/mol. The summed E-state index contributed by atoms with van der Waals surface area (Å²) < 4.78 is 32.6. The molecule has 0 unspecified atom stereocenters. The summed E-state index contributed by atoms with van der Waals surface area (Å²) in [5.41, 5.74) is 0.920. The zero-order valence-electron chi connectivity index (χ0n) is 13.8. The zero-order valence-corrected chi connectivity index (χ0v) is 15.4. The van der Waals surface area contributed by atoms with Gasteiger partial charge in [0, 0.05) is 11.8 Å². The van der Waals surface area contributed by atoms with Gasteiger partial charge in [-0.1, -0.05) is 12.1 Å². The minimum Gasteiger partial charge on any atom is -0.497 e. The second-order valence-corrected chi connectivity index (χ2v) is 7.92. The fourth-order valence-electron chi connectivity index (χ4n) is 2.22. The van der Waals surface area contributed by atoms with Crippen LogP contribution in [0.5, 0.6) is 5.75 Å². The van der Waals surface area contributed by atoms with Gasteiger partial charge in [0.2, 0.25) is 0 Å². The van der Waals surface area contributed by atoms with Gasteiger partial charge in [-0.2, -0.15) is 0 Å². The number of amides is 1. The number of anilines is 2. The van der Waals surface area contributed by atoms with Crippen molar-refractivity contribution in [3.05, 3.63) is 70.9 Å². The molecule has 0 aliphatic rings. The van der Waals surface area contributed by atoms with E-state index in [0.717, 1.165) is 0 Å². The molecule has 0 spiro atoms. The number of sulfonamides is 1. The van der Waals surface area contributed by atoms with Crippen molar-refractivity contribution in [2.75, 3.05) is 17.1 Å². The Bertz CT molecular complexity index is 998. The number of carbonyl (C=O) groups is 1. The van der Waals surface area contributed by atoms with Gasteiger partial charge >= 0.3 is 0 Å². The van der Waals surface area contributed by atoms with Crippen LogP contribution in [0.15, 0.2) is 70.9 Å². The summed E-state index contributed by atoms with van der Waals surface area (Å²) in [6, 6.07) is 16.1. The van der Waals surface area contributed by atoms with E-state index in [1.54, 1.807) is 48.5 Å². The van der Waals surface area contributed by atoms with Gasteiger partial charge in [0.15, 0.2) is 0 Å². The molecule has 3 rings (SSSR count). The normalized spacial score (nSPS) is 11.0. The molecule has 1 aromatic heterocycles. The summed E-state index contributed by atoms with van der Waals surface area (Å²) in [5.74, 6) is 0.321. The topological polar surface area (TPSA) is 84.5 Å². The molecule has 2 aromatic carbocycles. The minimum atomic E-state index is -3.74. The Morgan fingerprint density at radius 3 is 2.42 bits per heavy atom. The van der Waals surface area contributed by atoms with E-state index in [4.69, 9.17) is 4.74 Å². The van der Waals surface area contributed by atoms with Crippen molar-refractivity contribution in [1.82, 2.24) is 0 Å². The number of thiophene rings is 1. The van der Waals surface area contributed by atoms with E-state index in [9.17, 15) is 13.2 Å². The van der Waals surface area contributed by atoms with Gasteiger partial charge in [0.1, 0.15) is 5.75 Å². The third-order valence-corrected chi connectivity index (χ3v) is 5.76. The van der Waals surface area contributed by atoms with Crippen LogP contribution in [0.3, 0.4) is 0 Å². The molecule has 0 bridgehead atoms. The quantitative estimate of drug-likeness (QED) is 0.672. The monoisotopic (exact) mass is 388 g/mol. The summed E-state index contributed by atoms with van der Waals surface area (Å²) in [4.78, 5) is 12.7. The van der Waals surface area contributed by atoms with Crippen LogP contribution in [0.25, 0.3) is 0 Å². The van der Waals surface area contributed by atoms with E-state index in [0.29, 0.717) is 22.0 Å². The maximum atomic E-state index is 12.5. The SMILES string of the molecule is COc1cccc(NS(=O)(=O)c2ccc(NC(=O)c3cccs3)cc2)c1. The largest absolute Gasteiger partial charge is 0.497 e. The average Bonchev–Trinajstić information content (AvgIpc) is 3.17. The van der Waals surface area contributed by atoms with E-state index in [2.05, 4.69) is 10.0 Å². The van der Waals surface area contributed by atoms with Crippen molar-refractivity contribution in [2.24, 2.45) is 0 Å². The number of carbonyl (C=O) groups excluding carboxylic acids is 1. The van der Waals surface area contributed by atoms with Crippen molar-refractivity contribution in [3.63, 3.8) is 0 Å². The smallest absolute Gasteiger partial charge is 0.265 e. The first-order chi connectivity index (χ1) is 12.5. The Morgan fingerprint density at radius 1 is 1.00 bits per heavy atom. The third-order valence-electron chi connectivity index (χ3n) is 3.49. The number of methoxy groups -OCH3 is 1. The zero-order chi connectivity index (χ0) is 18.6. The summed E-state index contributed by atoms with van der Waals surface area (Å²) >= 11 is 1.33. The lowest BCUT2D eigenvalue weighted by Crippen LogP contribution is -2.13. The van der Waals surface area contributed by atoms with Crippen LogP contribution in [0.1, 0.15) is 9.67 Å². The summed E-state index contributed by atoms with van der Waals surface area (Å²) in [7, 11) is -2.23. The summed E-state index contributed by atoms with van der Waals surface area (Å²) in [5, 5.41) is 4.54. The minimum absolute atomic E-state index is 0.0921. The highest BCUT2D eigenvalue weighted by atomic mass is 32.2. The van der Waals surface area contributed by atoms with Gasteiger partial charge in [-0.05, 0) is 47.8 Å². The molecule has 0 radical (unpaired) electrons. The molecule has 0 saturated carbocycles. The van der Waals surface area contributed by atoms with E-state index < -0.39 is 10.0 Å². The van der Waals surface area contributed by atoms with Crippen molar-refractivity contribution >= 4 is 38.6 Å². The fraction of sp³-hybridized carbons (Fsp3) is 0.0556. The standard InChI is InChI=1S/C18H16N2O4S2/c1-24-15-5-2-4-14(12-15)20-26(22,23)16-9-7-13(8-10-16)19-18(21)17-6-3-11-25-17/h2-12,20H,1H3,(H,19,21). The highest BCUT2D eigenvalue weighted by Gasteiger charge is 2.15. The molecule has 3 aromatic rings. The first-order valence-corrected chi connectivity index (χ1v) is 9.96. The number of nitrogens with one attached hydrogen (secondary N) is 2. The van der Waals surface area contributed by atoms with Crippen molar-refractivity contribution in [1.29, 1.82) is 0 Å². The first-order valence-electron chi connectivity index (χ1n) is 7.60. The molecule has 8 heteroatoms. The number of ether oxygens (including phenoxy) is 1. The summed E-state index contributed by atoms with van der Waals surface area (Å²) in [6.07, 6.45) is 0. The molecule has 0 saturated heterocycles. The lowest BCUT2D eigenvalue weighted by molar-refractivity contribution is 0.103. The van der Waals surface area contributed by atoms with E-state index >= 15 is 0 Å². The van der Waals surface area contributed by atoms with Crippen LogP contribution < -0.4 is 14.8 Å². The van der Waals surface area contributed by atoms with Crippen LogP contribution in [0.2, 0.25) is 0 Å². The van der Waals surface area contributed by atoms with Crippen LogP contribution >= 0.6 is 11.3 Å². The maximum absolute atomic E-state index is 12.5. The van der Waals surface area contributed by atoms with Crippen LogP contribution in [-0.2, 0) is 10.0 Å². The predicted molar refractivity (Wildman–Crippen MR) is 103 cm³/mol. The van der Waals surface area contributed by atoms with Crippen molar-refractivity contribution < 1.29 is 17.9 Å². The highest BCUT2D eigenvalue weighted by molar-refractivity contribution is 7.92. The Kier molecular flexibility index (Phi) is 5.24. The first kappa shape index (κ1) is 18.0. The van der Waals surface area contributed by atoms with Crippen molar-refractivity contribution in [3.8, 4) is 5.75 Å². The molecule has 134 valence electrons. The second kappa shape index (κ2) is 7.59. The number of hydrogen-bond acceptors (Lipinski definition) is 5. The number of hydrogen-bond donors (Lipinski definition) is 2. The van der Waals surface area contributed by atoms with Gasteiger partial charge in [-0.15, -0.1) is 11.3 Å². The van der Waals surface area contributed by atoms with Gasteiger partial charge in [-0.25, -0.2) is 8.42 Å². The number of rotatable bonds is 6. The van der Waals surface area contributed by atoms with Gasteiger partial charge in [-0.3, -0.25) is 9.52 Å². The predicted octanol–water partition coefficient (Wildman–Crippen LogP) is 3.81. The summed E-state index contributed by atoms with van der Waals surface area (Å²) in [6.45, 7) is 0. The highest BCUT2D eigenvalue weighted by Crippen LogP contribution is 2.22. The molecule has 0 aliphatic heterocycles. The molecule has 0 atom stereocenters. The lowest BCUT2D eigenvalue weighted by Gasteiger charge is -2.10. The van der Waals surface area contributed by atoms with Gasteiger partial charge in [0.25, 0.3) is 15.9 Å². The Morgan fingerprint density at radius 2 is 1.77 bits per heavy atom. The molecule has 1 amide bonds.